The van der Waals surface area contributed by atoms with Gasteiger partial charge in [0, 0.05) is 10.4 Å². The summed E-state index contributed by atoms with van der Waals surface area (Å²) in [7, 11) is 0. The number of rotatable bonds is 2. The molecule has 4 nitrogen and oxygen atoms in total. The molecule has 2 aromatic rings. The van der Waals surface area contributed by atoms with Crippen LogP contribution >= 0.6 is 11.3 Å². The van der Waals surface area contributed by atoms with Gasteiger partial charge in [-0.15, -0.1) is 11.3 Å². The molecule has 5 heteroatoms. The Kier molecular flexibility index (Phi) is 3.38. The van der Waals surface area contributed by atoms with Crippen molar-refractivity contribution in [1.82, 2.24) is 10.2 Å². The molecule has 0 unspecified atom stereocenters. The number of aromatic nitrogens is 2. The van der Waals surface area contributed by atoms with Crippen LogP contribution in [0.4, 0.5) is 5.82 Å². The summed E-state index contributed by atoms with van der Waals surface area (Å²) < 4.78 is 0. The van der Waals surface area contributed by atoms with Gasteiger partial charge in [-0.2, -0.15) is 5.10 Å². The van der Waals surface area contributed by atoms with Gasteiger partial charge in [-0.25, -0.2) is 0 Å². The van der Waals surface area contributed by atoms with Crippen LogP contribution in [0.3, 0.4) is 0 Å². The summed E-state index contributed by atoms with van der Waals surface area (Å²) in [6, 6.07) is 2.06. The Labute approximate surface area is 116 Å². The number of amides is 1. The van der Waals surface area contributed by atoms with Gasteiger partial charge in [-0.1, -0.05) is 6.42 Å². The lowest BCUT2D eigenvalue weighted by molar-refractivity contribution is 0.103. The zero-order valence-corrected chi connectivity index (χ0v) is 11.8. The average molecular weight is 275 g/mol. The highest BCUT2D eigenvalue weighted by molar-refractivity contribution is 7.14. The fourth-order valence-corrected chi connectivity index (χ4v) is 3.58. The van der Waals surface area contributed by atoms with Crippen LogP contribution in [0.1, 0.15) is 44.9 Å². The smallest absolute Gasteiger partial charge is 0.266 e. The van der Waals surface area contributed by atoms with Gasteiger partial charge < -0.3 is 5.32 Å². The van der Waals surface area contributed by atoms with E-state index in [-0.39, 0.29) is 5.91 Å². The molecule has 0 bridgehead atoms. The molecular formula is C14H17N3OS. The van der Waals surface area contributed by atoms with Gasteiger partial charge in [0.2, 0.25) is 0 Å². The summed E-state index contributed by atoms with van der Waals surface area (Å²) in [6.45, 7) is 1.92. The molecule has 100 valence electrons. The maximum Gasteiger partial charge on any atom is 0.266 e. The number of thiophene rings is 1. The number of aromatic amines is 1. The normalized spacial score (nSPS) is 14.8. The second kappa shape index (κ2) is 5.17. The summed E-state index contributed by atoms with van der Waals surface area (Å²) in [4.78, 5) is 14.4. The maximum absolute atomic E-state index is 12.2. The predicted molar refractivity (Wildman–Crippen MR) is 76.9 cm³/mol. The van der Waals surface area contributed by atoms with Gasteiger partial charge in [-0.3, -0.25) is 9.89 Å². The van der Waals surface area contributed by atoms with E-state index in [1.54, 1.807) is 17.5 Å². The van der Waals surface area contributed by atoms with E-state index in [4.69, 9.17) is 0 Å². The zero-order valence-electron chi connectivity index (χ0n) is 11.0. The van der Waals surface area contributed by atoms with Gasteiger partial charge in [-0.05, 0) is 44.2 Å². The summed E-state index contributed by atoms with van der Waals surface area (Å²) in [5.74, 6) is 0.652. The molecule has 0 aliphatic heterocycles. The van der Waals surface area contributed by atoms with Crippen LogP contribution in [-0.2, 0) is 12.8 Å². The lowest BCUT2D eigenvalue weighted by Gasteiger charge is -2.01. The van der Waals surface area contributed by atoms with Crippen LogP contribution < -0.4 is 5.32 Å². The third kappa shape index (κ3) is 2.56. The van der Waals surface area contributed by atoms with Gasteiger partial charge in [0.15, 0.2) is 0 Å². The summed E-state index contributed by atoms with van der Waals surface area (Å²) >= 11 is 1.64. The SMILES string of the molecule is Cc1cn[nH]c1NC(=O)c1cc2c(s1)CCCCC2. The van der Waals surface area contributed by atoms with Crippen LogP contribution in [0.5, 0.6) is 0 Å². The van der Waals surface area contributed by atoms with Crippen molar-refractivity contribution < 1.29 is 4.79 Å². The number of hydrogen-bond acceptors (Lipinski definition) is 3. The molecule has 2 heterocycles. The monoisotopic (exact) mass is 275 g/mol. The minimum Gasteiger partial charge on any atom is -0.306 e. The minimum atomic E-state index is -0.0366. The Morgan fingerprint density at radius 2 is 2.21 bits per heavy atom. The molecule has 1 amide bonds. The van der Waals surface area contributed by atoms with Crippen molar-refractivity contribution in [1.29, 1.82) is 0 Å². The number of fused-ring (bicyclic) bond motifs is 1. The average Bonchev–Trinajstić information content (AvgIpc) is 2.91. The summed E-state index contributed by atoms with van der Waals surface area (Å²) in [5, 5.41) is 9.59. The molecule has 2 aromatic heterocycles. The maximum atomic E-state index is 12.2. The molecule has 2 N–H and O–H groups in total. The first kappa shape index (κ1) is 12.4. The van der Waals surface area contributed by atoms with E-state index in [1.165, 1.54) is 29.7 Å². The number of nitrogens with zero attached hydrogens (tertiary/aromatic N) is 1. The molecule has 19 heavy (non-hydrogen) atoms. The first-order valence-corrected chi connectivity index (χ1v) is 7.48. The molecule has 0 fully saturated rings. The van der Waals surface area contributed by atoms with E-state index in [0.29, 0.717) is 5.82 Å². The first-order chi connectivity index (χ1) is 9.24. The van der Waals surface area contributed by atoms with E-state index in [1.807, 2.05) is 6.92 Å². The van der Waals surface area contributed by atoms with E-state index < -0.39 is 0 Å². The Bertz CT molecular complexity index is 576. The second-order valence-corrected chi connectivity index (χ2v) is 6.14. The lowest BCUT2D eigenvalue weighted by atomic mass is 10.1. The van der Waals surface area contributed by atoms with Crippen molar-refractivity contribution in [3.8, 4) is 0 Å². The van der Waals surface area contributed by atoms with Crippen LogP contribution in [0, 0.1) is 6.92 Å². The Morgan fingerprint density at radius 3 is 3.00 bits per heavy atom. The largest absolute Gasteiger partial charge is 0.306 e. The van der Waals surface area contributed by atoms with Crippen molar-refractivity contribution >= 4 is 23.1 Å². The highest BCUT2D eigenvalue weighted by Crippen LogP contribution is 2.29. The van der Waals surface area contributed by atoms with Crippen LogP contribution in [0.2, 0.25) is 0 Å². The van der Waals surface area contributed by atoms with Gasteiger partial charge in [0.1, 0.15) is 5.82 Å². The number of aryl methyl sites for hydroxylation is 3. The van der Waals surface area contributed by atoms with Crippen molar-refractivity contribution in [3.05, 3.63) is 33.1 Å². The van der Waals surface area contributed by atoms with Crippen molar-refractivity contribution in [2.75, 3.05) is 5.32 Å². The zero-order chi connectivity index (χ0) is 13.2. The molecule has 0 atom stereocenters. The quantitative estimate of drug-likeness (QED) is 0.826. The fraction of sp³-hybridized carbons (Fsp3) is 0.429. The summed E-state index contributed by atoms with van der Waals surface area (Å²) in [5.41, 5.74) is 2.32. The predicted octanol–water partition coefficient (Wildman–Crippen LogP) is 3.30. The van der Waals surface area contributed by atoms with Gasteiger partial charge >= 0.3 is 0 Å². The number of hydrogen-bond donors (Lipinski definition) is 2. The lowest BCUT2D eigenvalue weighted by Crippen LogP contribution is -2.11. The third-order valence-corrected chi connectivity index (χ3v) is 4.77. The van der Waals surface area contributed by atoms with E-state index in [2.05, 4.69) is 21.6 Å². The van der Waals surface area contributed by atoms with E-state index in [0.717, 1.165) is 23.3 Å². The summed E-state index contributed by atoms with van der Waals surface area (Å²) in [6.07, 6.45) is 7.73. The molecule has 0 aromatic carbocycles. The molecule has 3 rings (SSSR count). The standard InChI is InChI=1S/C14H17N3OS/c1-9-8-15-17-13(9)16-14(18)12-7-10-5-3-2-4-6-11(10)19-12/h7-8H,2-6H2,1H3,(H2,15,16,17,18). The third-order valence-electron chi connectivity index (χ3n) is 3.54. The fourth-order valence-electron chi connectivity index (χ4n) is 2.43. The number of nitrogens with one attached hydrogen (secondary N) is 2. The topological polar surface area (TPSA) is 57.8 Å². The highest BCUT2D eigenvalue weighted by atomic mass is 32.1. The van der Waals surface area contributed by atoms with Crippen molar-refractivity contribution in [2.24, 2.45) is 0 Å². The van der Waals surface area contributed by atoms with Crippen LogP contribution in [-0.4, -0.2) is 16.1 Å². The Hall–Kier alpha value is -1.62. The minimum absolute atomic E-state index is 0.0366. The van der Waals surface area contributed by atoms with Gasteiger partial charge in [0.05, 0.1) is 11.1 Å². The Morgan fingerprint density at radius 1 is 1.37 bits per heavy atom. The molecule has 1 aliphatic rings. The first-order valence-electron chi connectivity index (χ1n) is 6.67. The Balaban J connectivity index is 1.79. The van der Waals surface area contributed by atoms with Crippen molar-refractivity contribution in [3.63, 3.8) is 0 Å². The van der Waals surface area contributed by atoms with Crippen LogP contribution in [0.25, 0.3) is 0 Å². The number of H-pyrrole nitrogens is 1. The van der Waals surface area contributed by atoms with Crippen LogP contribution in [0.15, 0.2) is 12.3 Å². The molecule has 0 saturated heterocycles. The molecular weight excluding hydrogens is 258 g/mol. The number of anilines is 1. The molecule has 0 spiro atoms. The van der Waals surface area contributed by atoms with E-state index >= 15 is 0 Å². The van der Waals surface area contributed by atoms with Gasteiger partial charge in [0.25, 0.3) is 5.91 Å². The van der Waals surface area contributed by atoms with Crippen molar-refractivity contribution in [2.45, 2.75) is 39.0 Å². The van der Waals surface area contributed by atoms with E-state index in [9.17, 15) is 4.79 Å². The highest BCUT2D eigenvalue weighted by Gasteiger charge is 2.17. The molecule has 0 saturated carbocycles. The second-order valence-electron chi connectivity index (χ2n) is 5.00. The number of carbonyl (C=O) groups excluding carboxylic acids is 1. The molecule has 1 aliphatic carbocycles. The molecule has 0 radical (unpaired) electrons. The number of carbonyl (C=O) groups is 1.